The van der Waals surface area contributed by atoms with Gasteiger partial charge in [0.15, 0.2) is 8.68 Å². The van der Waals surface area contributed by atoms with Gasteiger partial charge in [0.05, 0.1) is 6.61 Å². The van der Waals surface area contributed by atoms with Crippen molar-refractivity contribution in [3.63, 3.8) is 0 Å². The largest absolute Gasteiger partial charge is 0.493 e. The molecule has 2 N–H and O–H groups in total. The summed E-state index contributed by atoms with van der Waals surface area (Å²) in [4.78, 5) is 0. The topological polar surface area (TPSA) is 75.5 Å². The summed E-state index contributed by atoms with van der Waals surface area (Å²) in [6, 6.07) is 6.69. The van der Waals surface area contributed by atoms with Gasteiger partial charge in [0.25, 0.3) is 0 Å². The summed E-state index contributed by atoms with van der Waals surface area (Å²) in [5.41, 5.74) is 0.449. The molecule has 0 fully saturated rings. The molecule has 1 heterocycles. The van der Waals surface area contributed by atoms with E-state index in [1.165, 1.54) is 0 Å². The summed E-state index contributed by atoms with van der Waals surface area (Å²) in [7, 11) is -1.44. The lowest BCUT2D eigenvalue weighted by Crippen LogP contribution is -2.29. The predicted octanol–water partition coefficient (Wildman–Crippen LogP) is 1.11. The van der Waals surface area contributed by atoms with E-state index in [0.29, 0.717) is 17.8 Å². The van der Waals surface area contributed by atoms with Gasteiger partial charge in [-0.3, -0.25) is 0 Å². The number of hydrogen-bond acceptors (Lipinski definition) is 8. The molecule has 1 aromatic carbocycles. The second kappa shape index (κ2) is 7.89. The van der Waals surface area contributed by atoms with Crippen molar-refractivity contribution in [2.24, 2.45) is 0 Å². The molecule has 9 heteroatoms. The van der Waals surface area contributed by atoms with Crippen molar-refractivity contribution in [2.45, 2.75) is 8.68 Å². The van der Waals surface area contributed by atoms with E-state index in [4.69, 9.17) is 14.8 Å². The minimum atomic E-state index is -1.44. The zero-order valence-electron chi connectivity index (χ0n) is 10.7. The molecule has 0 saturated heterocycles. The molecule has 5 nitrogen and oxygen atoms in total. The Labute approximate surface area is 129 Å². The van der Waals surface area contributed by atoms with E-state index in [9.17, 15) is 0 Å². The number of ether oxygens (including phenoxy) is 1. The molecule has 2 aromatic rings. The van der Waals surface area contributed by atoms with Crippen molar-refractivity contribution < 1.29 is 14.8 Å². The first-order chi connectivity index (χ1) is 9.69. The van der Waals surface area contributed by atoms with Gasteiger partial charge >= 0.3 is 7.12 Å². The van der Waals surface area contributed by atoms with Crippen molar-refractivity contribution in [3.05, 3.63) is 24.3 Å². The van der Waals surface area contributed by atoms with E-state index >= 15 is 0 Å². The van der Waals surface area contributed by atoms with Crippen LogP contribution in [0, 0.1) is 0 Å². The summed E-state index contributed by atoms with van der Waals surface area (Å²) in [6.07, 6.45) is 1.98. The Kier molecular flexibility index (Phi) is 6.18. The second-order valence-electron chi connectivity index (χ2n) is 3.68. The molecule has 0 spiro atoms. The maximum absolute atomic E-state index is 8.98. The highest BCUT2D eigenvalue weighted by Gasteiger charge is 2.09. The molecule has 1 aromatic heterocycles. The third kappa shape index (κ3) is 4.67. The minimum Gasteiger partial charge on any atom is -0.493 e. The number of nitrogens with zero attached hydrogens (tertiary/aromatic N) is 2. The molecule has 0 bridgehead atoms. The fraction of sp³-hybridized carbons (Fsp3) is 0.273. The molecule has 0 saturated carbocycles. The summed E-state index contributed by atoms with van der Waals surface area (Å²) < 4.78 is 7.47. The molecule has 0 aliphatic rings. The van der Waals surface area contributed by atoms with Crippen LogP contribution in [-0.4, -0.2) is 46.0 Å². The van der Waals surface area contributed by atoms with Crippen LogP contribution in [0.4, 0.5) is 0 Å². The number of rotatable bonds is 7. The van der Waals surface area contributed by atoms with Crippen LogP contribution in [0.3, 0.4) is 0 Å². The standard InChI is InChI=1S/C11H13BN2O3S3/c1-18-10-13-14-11(20-10)19-7-6-17-9-4-2-8(3-5-9)12(15)16/h2-5,15-16H,6-7H2,1H3. The van der Waals surface area contributed by atoms with Crippen molar-refractivity contribution in [3.8, 4) is 5.75 Å². The number of thioether (sulfide) groups is 2. The lowest BCUT2D eigenvalue weighted by molar-refractivity contribution is 0.344. The monoisotopic (exact) mass is 328 g/mol. The van der Waals surface area contributed by atoms with Gasteiger partial charge in [-0.1, -0.05) is 47.0 Å². The number of hydrogen-bond donors (Lipinski definition) is 2. The molecular formula is C11H13BN2O3S3. The van der Waals surface area contributed by atoms with Gasteiger partial charge < -0.3 is 14.8 Å². The Bertz CT molecular complexity index is 536. The predicted molar refractivity (Wildman–Crippen MR) is 84.2 cm³/mol. The fourth-order valence-corrected chi connectivity index (χ4v) is 3.69. The van der Waals surface area contributed by atoms with E-state index in [1.54, 1.807) is 59.1 Å². The summed E-state index contributed by atoms with van der Waals surface area (Å²) in [6.45, 7) is 0.555. The van der Waals surface area contributed by atoms with Crippen molar-refractivity contribution in [1.82, 2.24) is 10.2 Å². The van der Waals surface area contributed by atoms with Gasteiger partial charge in [0, 0.05) is 5.75 Å². The first-order valence-electron chi connectivity index (χ1n) is 5.78. The molecule has 0 unspecified atom stereocenters. The molecule has 0 atom stereocenters. The molecular weight excluding hydrogens is 315 g/mol. The first kappa shape index (κ1) is 15.6. The van der Waals surface area contributed by atoms with Crippen molar-refractivity contribution in [2.75, 3.05) is 18.6 Å². The zero-order chi connectivity index (χ0) is 14.4. The first-order valence-corrected chi connectivity index (χ1v) is 8.81. The Morgan fingerprint density at radius 3 is 2.50 bits per heavy atom. The van der Waals surface area contributed by atoms with Crippen LogP contribution >= 0.6 is 34.9 Å². The quantitative estimate of drug-likeness (QED) is 0.448. The molecule has 0 radical (unpaired) electrons. The maximum atomic E-state index is 8.98. The lowest BCUT2D eigenvalue weighted by Gasteiger charge is -2.06. The molecule has 0 aliphatic carbocycles. The highest BCUT2D eigenvalue weighted by Crippen LogP contribution is 2.27. The molecule has 0 aliphatic heterocycles. The van der Waals surface area contributed by atoms with Gasteiger partial charge in [-0.15, -0.1) is 10.2 Å². The lowest BCUT2D eigenvalue weighted by atomic mass is 9.80. The third-order valence-corrected chi connectivity index (χ3v) is 5.31. The van der Waals surface area contributed by atoms with Gasteiger partial charge in [-0.2, -0.15) is 0 Å². The average Bonchev–Trinajstić information content (AvgIpc) is 2.92. The van der Waals surface area contributed by atoms with Crippen LogP contribution in [0.1, 0.15) is 0 Å². The Morgan fingerprint density at radius 1 is 1.20 bits per heavy atom. The Morgan fingerprint density at radius 2 is 1.90 bits per heavy atom. The summed E-state index contributed by atoms with van der Waals surface area (Å²) >= 11 is 4.78. The van der Waals surface area contributed by atoms with Crippen LogP contribution in [0.5, 0.6) is 5.75 Å². The second-order valence-corrected chi connectivity index (χ2v) is 7.05. The number of benzene rings is 1. The van der Waals surface area contributed by atoms with Gasteiger partial charge in [-0.25, -0.2) is 0 Å². The highest BCUT2D eigenvalue weighted by atomic mass is 32.2. The smallest absolute Gasteiger partial charge is 0.488 e. The molecule has 20 heavy (non-hydrogen) atoms. The van der Waals surface area contributed by atoms with Crippen LogP contribution in [0.15, 0.2) is 32.9 Å². The van der Waals surface area contributed by atoms with E-state index in [-0.39, 0.29) is 0 Å². The minimum absolute atomic E-state index is 0.449. The van der Waals surface area contributed by atoms with Crippen LogP contribution in [-0.2, 0) is 0 Å². The van der Waals surface area contributed by atoms with Crippen LogP contribution in [0.25, 0.3) is 0 Å². The van der Waals surface area contributed by atoms with Crippen molar-refractivity contribution in [1.29, 1.82) is 0 Å². The third-order valence-electron chi connectivity index (χ3n) is 2.32. The Hall–Kier alpha value is -0.735. The van der Waals surface area contributed by atoms with Crippen LogP contribution < -0.4 is 10.2 Å². The van der Waals surface area contributed by atoms with Crippen molar-refractivity contribution >= 4 is 47.4 Å². The highest BCUT2D eigenvalue weighted by molar-refractivity contribution is 8.02. The fourth-order valence-electron chi connectivity index (χ4n) is 1.36. The molecule has 2 rings (SSSR count). The zero-order valence-corrected chi connectivity index (χ0v) is 13.2. The summed E-state index contributed by atoms with van der Waals surface area (Å²) in [5.74, 6) is 1.49. The SMILES string of the molecule is CSc1nnc(SCCOc2ccc(B(O)O)cc2)s1. The Balaban J connectivity index is 1.72. The van der Waals surface area contributed by atoms with E-state index in [1.807, 2.05) is 6.26 Å². The van der Waals surface area contributed by atoms with Gasteiger partial charge in [0.2, 0.25) is 0 Å². The van der Waals surface area contributed by atoms with E-state index in [0.717, 1.165) is 14.4 Å². The molecule has 106 valence electrons. The van der Waals surface area contributed by atoms with E-state index in [2.05, 4.69) is 10.2 Å². The van der Waals surface area contributed by atoms with Gasteiger partial charge in [-0.05, 0) is 23.9 Å². The summed E-state index contributed by atoms with van der Waals surface area (Å²) in [5, 5.41) is 26.0. The van der Waals surface area contributed by atoms with E-state index < -0.39 is 7.12 Å². The number of aromatic nitrogens is 2. The van der Waals surface area contributed by atoms with Crippen LogP contribution in [0.2, 0.25) is 0 Å². The maximum Gasteiger partial charge on any atom is 0.488 e. The normalized spacial score (nSPS) is 10.6. The average molecular weight is 328 g/mol. The molecule has 0 amide bonds. The van der Waals surface area contributed by atoms with Gasteiger partial charge in [0.1, 0.15) is 5.75 Å².